The number of nitrogens with zero attached hydrogens (tertiary/aromatic N) is 2. The molecule has 0 unspecified atom stereocenters. The van der Waals surface area contributed by atoms with Crippen LogP contribution in [0.4, 0.5) is 18.9 Å². The molecule has 3 aromatic carbocycles. The maximum atomic E-state index is 14.0. The summed E-state index contributed by atoms with van der Waals surface area (Å²) in [5.41, 5.74) is -1.18. The Hall–Kier alpha value is -3.28. The van der Waals surface area contributed by atoms with Crippen molar-refractivity contribution >= 4 is 50.7 Å². The highest BCUT2D eigenvalue weighted by atomic mass is 35.5. The van der Waals surface area contributed by atoms with Crippen molar-refractivity contribution in [2.75, 3.05) is 10.8 Å². The highest BCUT2D eigenvalue weighted by Gasteiger charge is 2.37. The lowest BCUT2D eigenvalue weighted by atomic mass is 10.1. The van der Waals surface area contributed by atoms with E-state index in [1.165, 1.54) is 36.1 Å². The highest BCUT2D eigenvalue weighted by Crippen LogP contribution is 2.38. The monoisotopic (exact) mass is 655 g/mol. The van der Waals surface area contributed by atoms with Crippen LogP contribution in [0.25, 0.3) is 0 Å². The van der Waals surface area contributed by atoms with E-state index in [-0.39, 0.29) is 17.5 Å². The first-order chi connectivity index (χ1) is 20.3. The molecule has 0 bridgehead atoms. The minimum Gasteiger partial charge on any atom is -0.352 e. The van der Waals surface area contributed by atoms with Crippen molar-refractivity contribution in [3.63, 3.8) is 0 Å². The van der Waals surface area contributed by atoms with Crippen LogP contribution >= 0.6 is 23.2 Å². The Balaban J connectivity index is 1.75. The van der Waals surface area contributed by atoms with E-state index in [0.717, 1.165) is 37.8 Å². The van der Waals surface area contributed by atoms with Crippen molar-refractivity contribution in [3.8, 4) is 0 Å². The second-order valence-electron chi connectivity index (χ2n) is 10.3. The van der Waals surface area contributed by atoms with Gasteiger partial charge in [0, 0.05) is 17.6 Å². The minimum absolute atomic E-state index is 0.0444. The fraction of sp³-hybridized carbons (Fsp3) is 0.333. The first-order valence-electron chi connectivity index (χ1n) is 13.6. The zero-order valence-electron chi connectivity index (χ0n) is 23.2. The van der Waals surface area contributed by atoms with Gasteiger partial charge in [-0.05, 0) is 61.7 Å². The summed E-state index contributed by atoms with van der Waals surface area (Å²) in [6.07, 6.45) is -1.34. The number of anilines is 1. The summed E-state index contributed by atoms with van der Waals surface area (Å²) in [5, 5.41) is 2.64. The van der Waals surface area contributed by atoms with Gasteiger partial charge in [0.2, 0.25) is 11.8 Å². The van der Waals surface area contributed by atoms with Crippen molar-refractivity contribution in [1.29, 1.82) is 0 Å². The van der Waals surface area contributed by atoms with Crippen LogP contribution in [0.2, 0.25) is 10.0 Å². The van der Waals surface area contributed by atoms with Gasteiger partial charge in [-0.25, -0.2) is 8.42 Å². The van der Waals surface area contributed by atoms with Gasteiger partial charge in [0.25, 0.3) is 10.0 Å². The summed E-state index contributed by atoms with van der Waals surface area (Å²) >= 11 is 12.2. The molecule has 230 valence electrons. The van der Waals surface area contributed by atoms with Gasteiger partial charge in [0.1, 0.15) is 12.6 Å². The van der Waals surface area contributed by atoms with Crippen LogP contribution in [-0.2, 0) is 32.3 Å². The van der Waals surface area contributed by atoms with Crippen molar-refractivity contribution in [3.05, 3.63) is 94.0 Å². The first-order valence-corrected chi connectivity index (χ1v) is 15.8. The van der Waals surface area contributed by atoms with Crippen LogP contribution in [-0.4, -0.2) is 43.8 Å². The average molecular weight is 657 g/mol. The van der Waals surface area contributed by atoms with Crippen molar-refractivity contribution in [2.24, 2.45) is 0 Å². The Bertz CT molecular complexity index is 1570. The summed E-state index contributed by atoms with van der Waals surface area (Å²) in [6, 6.07) is 15.2. The summed E-state index contributed by atoms with van der Waals surface area (Å²) in [6.45, 7) is 0.464. The zero-order valence-corrected chi connectivity index (χ0v) is 25.5. The topological polar surface area (TPSA) is 86.8 Å². The number of carbonyl (C=O) groups is 2. The number of amides is 2. The molecule has 3 aromatic rings. The number of hydrogen-bond acceptors (Lipinski definition) is 4. The van der Waals surface area contributed by atoms with Crippen LogP contribution in [0.15, 0.2) is 77.7 Å². The van der Waals surface area contributed by atoms with E-state index in [1.807, 2.05) is 0 Å². The van der Waals surface area contributed by atoms with E-state index < -0.39 is 56.9 Å². The Labute approximate surface area is 258 Å². The lowest BCUT2D eigenvalue weighted by Crippen LogP contribution is -2.52. The third-order valence-corrected chi connectivity index (χ3v) is 9.81. The number of nitrogens with one attached hydrogen (secondary N) is 1. The molecule has 0 radical (unpaired) electrons. The van der Waals surface area contributed by atoms with E-state index in [0.29, 0.717) is 21.0 Å². The number of alkyl halides is 3. The number of sulfonamides is 1. The highest BCUT2D eigenvalue weighted by molar-refractivity contribution is 7.92. The number of benzene rings is 3. The van der Waals surface area contributed by atoms with E-state index in [1.54, 1.807) is 30.3 Å². The maximum absolute atomic E-state index is 14.0. The molecule has 1 saturated carbocycles. The van der Waals surface area contributed by atoms with Crippen LogP contribution in [0.3, 0.4) is 0 Å². The molecule has 0 saturated heterocycles. The Morgan fingerprint density at radius 3 is 2.21 bits per heavy atom. The number of halogens is 5. The quantitative estimate of drug-likeness (QED) is 0.264. The predicted octanol–water partition coefficient (Wildman–Crippen LogP) is 6.68. The number of rotatable bonds is 10. The van der Waals surface area contributed by atoms with Crippen LogP contribution in [0, 0.1) is 0 Å². The average Bonchev–Trinajstić information content (AvgIpc) is 3.48. The fourth-order valence-electron chi connectivity index (χ4n) is 4.92. The summed E-state index contributed by atoms with van der Waals surface area (Å²) in [4.78, 5) is 28.2. The molecule has 43 heavy (non-hydrogen) atoms. The molecule has 4 rings (SSSR count). The first kappa shape index (κ1) is 32.6. The molecule has 1 atom stereocenters. The lowest BCUT2D eigenvalue weighted by Gasteiger charge is -2.33. The molecule has 0 aromatic heterocycles. The second kappa shape index (κ2) is 13.6. The molecule has 1 aliphatic carbocycles. The van der Waals surface area contributed by atoms with Gasteiger partial charge in [0.15, 0.2) is 0 Å². The smallest absolute Gasteiger partial charge is 0.352 e. The standard InChI is InChI=1S/C30H30Cl2F3N3O4S/c1-20(29(40)36-22-10-6-7-11-22)37(18-21-9-5-8-14-26(21)31)28(39)19-38(43(41,42)24-12-3-2-4-13-24)23-15-16-27(32)25(17-23)30(33,34)35/h2-5,8-9,12-17,20,22H,6-7,10-11,18-19H2,1H3,(H,36,40)/t20-/m0/s1. The molecule has 13 heteroatoms. The third-order valence-electron chi connectivity index (χ3n) is 7.32. The predicted molar refractivity (Wildman–Crippen MR) is 159 cm³/mol. The van der Waals surface area contributed by atoms with Gasteiger partial charge in [-0.2, -0.15) is 13.2 Å². The molecular weight excluding hydrogens is 626 g/mol. The van der Waals surface area contributed by atoms with Gasteiger partial charge >= 0.3 is 6.18 Å². The molecule has 7 nitrogen and oxygen atoms in total. The van der Waals surface area contributed by atoms with E-state index in [9.17, 15) is 31.2 Å². The third kappa shape index (κ3) is 7.82. The fourth-order valence-corrected chi connectivity index (χ4v) is 6.77. The molecule has 0 aliphatic heterocycles. The molecule has 2 amide bonds. The largest absolute Gasteiger partial charge is 0.417 e. The number of carbonyl (C=O) groups excluding carboxylic acids is 2. The van der Waals surface area contributed by atoms with Crippen molar-refractivity contribution in [1.82, 2.24) is 10.2 Å². The van der Waals surface area contributed by atoms with E-state index in [2.05, 4.69) is 5.32 Å². The van der Waals surface area contributed by atoms with Crippen molar-refractivity contribution < 1.29 is 31.2 Å². The Morgan fingerprint density at radius 1 is 0.953 bits per heavy atom. The zero-order chi connectivity index (χ0) is 31.4. The second-order valence-corrected chi connectivity index (χ2v) is 12.9. The van der Waals surface area contributed by atoms with Gasteiger partial charge in [-0.3, -0.25) is 13.9 Å². The summed E-state index contributed by atoms with van der Waals surface area (Å²) < 4.78 is 69.5. The van der Waals surface area contributed by atoms with E-state index >= 15 is 0 Å². The molecule has 1 N–H and O–H groups in total. The maximum Gasteiger partial charge on any atom is 0.417 e. The number of hydrogen-bond donors (Lipinski definition) is 1. The van der Waals surface area contributed by atoms with Crippen LogP contribution in [0.1, 0.15) is 43.7 Å². The van der Waals surface area contributed by atoms with Gasteiger partial charge in [0.05, 0.1) is 21.2 Å². The van der Waals surface area contributed by atoms with Crippen LogP contribution < -0.4 is 9.62 Å². The van der Waals surface area contributed by atoms with Crippen molar-refractivity contribution in [2.45, 2.75) is 62.3 Å². The summed E-state index contributed by atoms with van der Waals surface area (Å²) in [5.74, 6) is -1.26. The minimum atomic E-state index is -4.89. The van der Waals surface area contributed by atoms with E-state index in [4.69, 9.17) is 23.2 Å². The molecule has 1 aliphatic rings. The Morgan fingerprint density at radius 2 is 1.58 bits per heavy atom. The molecule has 0 spiro atoms. The van der Waals surface area contributed by atoms with Gasteiger partial charge in [-0.15, -0.1) is 0 Å². The summed E-state index contributed by atoms with van der Waals surface area (Å²) in [7, 11) is -4.55. The SMILES string of the molecule is C[C@@H](C(=O)NC1CCCC1)N(Cc1ccccc1Cl)C(=O)CN(c1ccc(Cl)c(C(F)(F)F)c1)S(=O)(=O)c1ccccc1. The van der Waals surface area contributed by atoms with Gasteiger partial charge < -0.3 is 10.2 Å². The van der Waals surface area contributed by atoms with Gasteiger partial charge in [-0.1, -0.05) is 72.4 Å². The lowest BCUT2D eigenvalue weighted by molar-refractivity contribution is -0.139. The molecular formula is C30H30Cl2F3N3O4S. The molecule has 1 fully saturated rings. The normalized spacial score (nSPS) is 14.7. The molecule has 0 heterocycles. The van der Waals surface area contributed by atoms with Crippen LogP contribution in [0.5, 0.6) is 0 Å². The Kier molecular flexibility index (Phi) is 10.3.